The van der Waals surface area contributed by atoms with Crippen molar-refractivity contribution in [3.8, 4) is 11.5 Å². The molecule has 1 N–H and O–H groups in total. The highest BCUT2D eigenvalue weighted by atomic mass is 32.1. The van der Waals surface area contributed by atoms with Crippen LogP contribution < -0.4 is 14.8 Å². The van der Waals surface area contributed by atoms with E-state index in [0.717, 1.165) is 18.4 Å². The van der Waals surface area contributed by atoms with Gasteiger partial charge in [0.1, 0.15) is 0 Å². The van der Waals surface area contributed by atoms with Crippen molar-refractivity contribution >= 4 is 23.2 Å². The molecular weight excluding hydrogens is 388 g/mol. The van der Waals surface area contributed by atoms with Crippen molar-refractivity contribution < 1.29 is 19.1 Å². The number of nitrogens with one attached hydrogen (secondary N) is 1. The van der Waals surface area contributed by atoms with Crippen LogP contribution in [0.4, 0.5) is 0 Å². The van der Waals surface area contributed by atoms with Gasteiger partial charge in [-0.25, -0.2) is 0 Å². The van der Waals surface area contributed by atoms with Crippen molar-refractivity contribution in [2.45, 2.75) is 39.7 Å². The lowest BCUT2D eigenvalue weighted by Gasteiger charge is -2.23. The smallest absolute Gasteiger partial charge is 0.261 e. The highest BCUT2D eigenvalue weighted by Crippen LogP contribution is 2.28. The molecule has 0 bridgehead atoms. The molecule has 1 heterocycles. The van der Waals surface area contributed by atoms with E-state index in [-0.39, 0.29) is 18.2 Å². The number of hydrogen-bond donors (Lipinski definition) is 1. The van der Waals surface area contributed by atoms with E-state index in [1.165, 1.54) is 11.3 Å². The molecule has 0 unspecified atom stereocenters. The van der Waals surface area contributed by atoms with E-state index in [2.05, 4.69) is 12.2 Å². The number of carbonyl (C=O) groups excluding carboxylic acids is 2. The van der Waals surface area contributed by atoms with E-state index in [0.29, 0.717) is 42.6 Å². The molecule has 0 atom stereocenters. The second-order valence-electron chi connectivity index (χ2n) is 6.63. The van der Waals surface area contributed by atoms with Crippen LogP contribution in [0.5, 0.6) is 11.5 Å². The van der Waals surface area contributed by atoms with Crippen molar-refractivity contribution in [2.24, 2.45) is 0 Å². The Morgan fingerprint density at radius 3 is 2.62 bits per heavy atom. The summed E-state index contributed by atoms with van der Waals surface area (Å²) in [5.41, 5.74) is 0.982. The van der Waals surface area contributed by atoms with Gasteiger partial charge in [-0.05, 0) is 42.0 Å². The van der Waals surface area contributed by atoms with Gasteiger partial charge in [0.15, 0.2) is 11.5 Å². The molecule has 6 nitrogen and oxygen atoms in total. The predicted octanol–water partition coefficient (Wildman–Crippen LogP) is 4.10. The highest BCUT2D eigenvalue weighted by Gasteiger charge is 2.15. The lowest BCUT2D eigenvalue weighted by atomic mass is 10.1. The average Bonchev–Trinajstić information content (AvgIpc) is 3.27. The fourth-order valence-electron chi connectivity index (χ4n) is 2.86. The minimum absolute atomic E-state index is 0.0172. The van der Waals surface area contributed by atoms with Crippen LogP contribution in [-0.4, -0.2) is 43.5 Å². The molecule has 2 rings (SSSR count). The van der Waals surface area contributed by atoms with Crippen molar-refractivity contribution in [3.05, 3.63) is 46.2 Å². The quantitative estimate of drug-likeness (QED) is 0.563. The lowest BCUT2D eigenvalue weighted by molar-refractivity contribution is -0.131. The summed E-state index contributed by atoms with van der Waals surface area (Å²) >= 11 is 1.39. The second-order valence-corrected chi connectivity index (χ2v) is 7.58. The van der Waals surface area contributed by atoms with Crippen LogP contribution in [0, 0.1) is 0 Å². The van der Waals surface area contributed by atoms with E-state index in [4.69, 9.17) is 9.47 Å². The maximum absolute atomic E-state index is 12.7. The first-order valence-electron chi connectivity index (χ1n) is 9.98. The summed E-state index contributed by atoms with van der Waals surface area (Å²) in [5, 5.41) is 4.67. The average molecular weight is 419 g/mol. The van der Waals surface area contributed by atoms with Gasteiger partial charge in [0, 0.05) is 26.1 Å². The normalized spacial score (nSPS) is 10.4. The third kappa shape index (κ3) is 7.09. The number of rotatable bonds is 12. The monoisotopic (exact) mass is 418 g/mol. The van der Waals surface area contributed by atoms with Gasteiger partial charge in [-0.1, -0.05) is 26.0 Å². The number of benzene rings is 1. The molecule has 2 aromatic rings. The summed E-state index contributed by atoms with van der Waals surface area (Å²) in [6.07, 6.45) is 2.06. The molecule has 158 valence electrons. The first-order valence-corrected chi connectivity index (χ1v) is 10.9. The molecule has 0 fully saturated rings. The Kier molecular flexibility index (Phi) is 9.50. The zero-order valence-electron chi connectivity index (χ0n) is 17.4. The first-order chi connectivity index (χ1) is 14.1. The summed E-state index contributed by atoms with van der Waals surface area (Å²) in [5.74, 6) is 1.26. The number of ether oxygens (including phenoxy) is 2. The van der Waals surface area contributed by atoms with E-state index in [9.17, 15) is 9.59 Å². The van der Waals surface area contributed by atoms with Crippen LogP contribution in [0.15, 0.2) is 35.7 Å². The Balaban J connectivity index is 1.94. The van der Waals surface area contributed by atoms with E-state index in [1.54, 1.807) is 13.2 Å². The standard InChI is InChI=1S/C22H30N2O4S/c1-4-12-24(21(25)10-11-23-22(26)20-7-6-14-29-20)16-17-8-9-18(28-13-5-2)19(15-17)27-3/h6-9,14-15H,4-5,10-13,16H2,1-3H3,(H,23,26). The van der Waals surface area contributed by atoms with E-state index < -0.39 is 0 Å². The van der Waals surface area contributed by atoms with Gasteiger partial charge in [-0.2, -0.15) is 0 Å². The SMILES string of the molecule is CCCOc1ccc(CN(CCC)C(=O)CCNC(=O)c2cccs2)cc1OC. The maximum atomic E-state index is 12.7. The Morgan fingerprint density at radius 2 is 1.97 bits per heavy atom. The minimum atomic E-state index is -0.137. The van der Waals surface area contributed by atoms with Gasteiger partial charge < -0.3 is 19.7 Å². The van der Waals surface area contributed by atoms with Gasteiger partial charge in [0.2, 0.25) is 5.91 Å². The van der Waals surface area contributed by atoms with Crippen molar-refractivity contribution in [1.29, 1.82) is 0 Å². The summed E-state index contributed by atoms with van der Waals surface area (Å²) in [6.45, 7) is 6.21. The molecule has 0 saturated carbocycles. The number of hydrogen-bond acceptors (Lipinski definition) is 5. The number of nitrogens with zero attached hydrogens (tertiary/aromatic N) is 1. The van der Waals surface area contributed by atoms with Crippen LogP contribution in [-0.2, 0) is 11.3 Å². The van der Waals surface area contributed by atoms with Crippen molar-refractivity contribution in [3.63, 3.8) is 0 Å². The summed E-state index contributed by atoms with van der Waals surface area (Å²) in [7, 11) is 1.61. The third-order valence-corrected chi connectivity index (χ3v) is 5.15. The number of carbonyl (C=O) groups is 2. The number of thiophene rings is 1. The lowest BCUT2D eigenvalue weighted by Crippen LogP contribution is -2.34. The number of methoxy groups -OCH3 is 1. The van der Waals surface area contributed by atoms with E-state index in [1.807, 2.05) is 41.5 Å². The Bertz CT molecular complexity index is 777. The summed E-state index contributed by atoms with van der Waals surface area (Å²) in [6, 6.07) is 9.37. The predicted molar refractivity (Wildman–Crippen MR) is 116 cm³/mol. The number of amides is 2. The molecule has 0 spiro atoms. The van der Waals surface area contributed by atoms with Gasteiger partial charge >= 0.3 is 0 Å². The molecule has 7 heteroatoms. The van der Waals surface area contributed by atoms with Crippen LogP contribution in [0.2, 0.25) is 0 Å². The van der Waals surface area contributed by atoms with Gasteiger partial charge in [-0.3, -0.25) is 9.59 Å². The van der Waals surface area contributed by atoms with Crippen LogP contribution >= 0.6 is 11.3 Å². The zero-order chi connectivity index (χ0) is 21.1. The van der Waals surface area contributed by atoms with Gasteiger partial charge in [0.25, 0.3) is 5.91 Å². The zero-order valence-corrected chi connectivity index (χ0v) is 18.2. The highest BCUT2D eigenvalue weighted by molar-refractivity contribution is 7.12. The first kappa shape index (κ1) is 22.7. The minimum Gasteiger partial charge on any atom is -0.493 e. The molecule has 0 aliphatic rings. The van der Waals surface area contributed by atoms with Gasteiger partial charge in [-0.15, -0.1) is 11.3 Å². The summed E-state index contributed by atoms with van der Waals surface area (Å²) in [4.78, 5) is 27.2. The van der Waals surface area contributed by atoms with Crippen molar-refractivity contribution in [2.75, 3.05) is 26.8 Å². The molecule has 0 radical (unpaired) electrons. The van der Waals surface area contributed by atoms with Crippen LogP contribution in [0.3, 0.4) is 0 Å². The van der Waals surface area contributed by atoms with Crippen LogP contribution in [0.1, 0.15) is 48.3 Å². The molecule has 1 aromatic carbocycles. The molecular formula is C22H30N2O4S. The topological polar surface area (TPSA) is 67.9 Å². The molecule has 0 aliphatic carbocycles. The Morgan fingerprint density at radius 1 is 1.14 bits per heavy atom. The molecule has 2 amide bonds. The molecule has 0 aliphatic heterocycles. The molecule has 29 heavy (non-hydrogen) atoms. The fraction of sp³-hybridized carbons (Fsp3) is 0.455. The largest absolute Gasteiger partial charge is 0.493 e. The Hall–Kier alpha value is -2.54. The second kappa shape index (κ2) is 12.1. The molecule has 1 aromatic heterocycles. The third-order valence-electron chi connectivity index (χ3n) is 4.28. The van der Waals surface area contributed by atoms with Crippen molar-refractivity contribution in [1.82, 2.24) is 10.2 Å². The molecule has 0 saturated heterocycles. The fourth-order valence-corrected chi connectivity index (χ4v) is 3.50. The van der Waals surface area contributed by atoms with Crippen LogP contribution in [0.25, 0.3) is 0 Å². The Labute approximate surface area is 176 Å². The van der Waals surface area contributed by atoms with Gasteiger partial charge in [0.05, 0.1) is 18.6 Å². The van der Waals surface area contributed by atoms with E-state index >= 15 is 0 Å². The summed E-state index contributed by atoms with van der Waals surface area (Å²) < 4.78 is 11.1. The maximum Gasteiger partial charge on any atom is 0.261 e.